The maximum Gasteiger partial charge on any atom is 0.433 e. The first-order valence-corrected chi connectivity index (χ1v) is 10.1. The van der Waals surface area contributed by atoms with Crippen LogP contribution in [0.5, 0.6) is 11.5 Å². The normalized spacial score (nSPS) is 11.6. The third-order valence-electron chi connectivity index (χ3n) is 4.54. The molecule has 0 unspecified atom stereocenters. The number of halogens is 3. The van der Waals surface area contributed by atoms with Crippen LogP contribution in [0.25, 0.3) is 10.9 Å². The second kappa shape index (κ2) is 11.1. The van der Waals surface area contributed by atoms with Crippen molar-refractivity contribution in [2.24, 2.45) is 0 Å². The molecule has 3 rings (SSSR count). The lowest BCUT2D eigenvalue weighted by Crippen LogP contribution is -2.11. The SMILES string of the molecule is COCCOc1cc2nc(C)nc(NCc3ccnc(C(F)(F)F)c3)c2cc1OCCOC. The maximum atomic E-state index is 13.0. The fraction of sp³-hybridized carbons (Fsp3) is 0.409. The Morgan fingerprint density at radius 3 is 2.21 bits per heavy atom. The van der Waals surface area contributed by atoms with E-state index in [1.54, 1.807) is 33.3 Å². The summed E-state index contributed by atoms with van der Waals surface area (Å²) in [5.74, 6) is 1.91. The molecule has 11 heteroatoms. The van der Waals surface area contributed by atoms with Crippen LogP contribution in [0.1, 0.15) is 17.1 Å². The number of hydrogen-bond donors (Lipinski definition) is 1. The van der Waals surface area contributed by atoms with Crippen LogP contribution < -0.4 is 14.8 Å². The smallest absolute Gasteiger partial charge is 0.433 e. The van der Waals surface area contributed by atoms with Gasteiger partial charge in [-0.15, -0.1) is 0 Å². The molecule has 0 aliphatic carbocycles. The highest BCUT2D eigenvalue weighted by atomic mass is 19.4. The number of alkyl halides is 3. The van der Waals surface area contributed by atoms with Gasteiger partial charge in [0, 0.05) is 38.4 Å². The number of methoxy groups -OCH3 is 2. The lowest BCUT2D eigenvalue weighted by Gasteiger charge is -2.16. The number of nitrogens with zero attached hydrogens (tertiary/aromatic N) is 3. The summed E-state index contributed by atoms with van der Waals surface area (Å²) < 4.78 is 60.6. The number of rotatable bonds is 11. The summed E-state index contributed by atoms with van der Waals surface area (Å²) in [5, 5.41) is 3.74. The van der Waals surface area contributed by atoms with Crippen LogP contribution in [0, 0.1) is 6.92 Å². The quantitative estimate of drug-likeness (QED) is 0.424. The highest BCUT2D eigenvalue weighted by Crippen LogP contribution is 2.35. The molecule has 0 aliphatic heterocycles. The number of aromatic nitrogens is 3. The standard InChI is InChI=1S/C22H25F3N4O4/c1-14-28-17-12-19(33-9-7-31-3)18(32-8-6-30-2)11-16(17)21(29-14)27-13-15-4-5-26-20(10-15)22(23,24)25/h4-5,10-12H,6-9,13H2,1-3H3,(H,27,28,29). The minimum atomic E-state index is -4.51. The molecule has 0 aliphatic rings. The Bertz CT molecular complexity index is 1080. The topological polar surface area (TPSA) is 87.6 Å². The number of nitrogens with one attached hydrogen (secondary N) is 1. The average Bonchev–Trinajstić information content (AvgIpc) is 2.77. The first-order valence-electron chi connectivity index (χ1n) is 10.1. The second-order valence-corrected chi connectivity index (χ2v) is 7.02. The Balaban J connectivity index is 1.91. The van der Waals surface area contributed by atoms with Gasteiger partial charge in [0.25, 0.3) is 0 Å². The van der Waals surface area contributed by atoms with Gasteiger partial charge in [0.15, 0.2) is 11.5 Å². The predicted molar refractivity (Wildman–Crippen MR) is 116 cm³/mol. The summed E-state index contributed by atoms with van der Waals surface area (Å²) in [6.07, 6.45) is -3.38. The zero-order chi connectivity index (χ0) is 23.8. The van der Waals surface area contributed by atoms with Crippen LogP contribution >= 0.6 is 0 Å². The number of pyridine rings is 1. The highest BCUT2D eigenvalue weighted by molar-refractivity contribution is 5.91. The van der Waals surface area contributed by atoms with Crippen molar-refractivity contribution in [2.45, 2.75) is 19.6 Å². The number of hydrogen-bond acceptors (Lipinski definition) is 8. The van der Waals surface area contributed by atoms with E-state index < -0.39 is 11.9 Å². The van der Waals surface area contributed by atoms with Crippen molar-refractivity contribution < 1.29 is 32.1 Å². The Hall–Kier alpha value is -3.18. The maximum absolute atomic E-state index is 13.0. The molecule has 3 aromatic rings. The molecule has 1 aromatic carbocycles. The summed E-state index contributed by atoms with van der Waals surface area (Å²) in [5.41, 5.74) is 0.0669. The van der Waals surface area contributed by atoms with Gasteiger partial charge in [-0.2, -0.15) is 13.2 Å². The van der Waals surface area contributed by atoms with Gasteiger partial charge < -0.3 is 24.3 Å². The van der Waals surface area contributed by atoms with Gasteiger partial charge >= 0.3 is 6.18 Å². The van der Waals surface area contributed by atoms with Crippen molar-refractivity contribution in [1.82, 2.24) is 15.0 Å². The van der Waals surface area contributed by atoms with E-state index >= 15 is 0 Å². The molecule has 0 atom stereocenters. The molecular formula is C22H25F3N4O4. The van der Waals surface area contributed by atoms with E-state index in [2.05, 4.69) is 20.3 Å². The predicted octanol–water partition coefficient (Wildman–Crippen LogP) is 4.01. The van der Waals surface area contributed by atoms with Crippen LogP contribution in [0.2, 0.25) is 0 Å². The van der Waals surface area contributed by atoms with Crippen LogP contribution in [0.15, 0.2) is 30.5 Å². The van der Waals surface area contributed by atoms with E-state index in [0.717, 1.165) is 12.3 Å². The van der Waals surface area contributed by atoms with Gasteiger partial charge in [0.05, 0.1) is 18.7 Å². The molecule has 2 aromatic heterocycles. The molecule has 0 saturated heterocycles. The Kier molecular flexibility index (Phi) is 8.23. The van der Waals surface area contributed by atoms with Crippen molar-refractivity contribution >= 4 is 16.7 Å². The number of ether oxygens (including phenoxy) is 4. The first kappa shape index (κ1) is 24.5. The Labute approximate surface area is 189 Å². The Morgan fingerprint density at radius 1 is 0.909 bits per heavy atom. The first-order chi connectivity index (χ1) is 15.8. The third-order valence-corrected chi connectivity index (χ3v) is 4.54. The van der Waals surface area contributed by atoms with Gasteiger partial charge in [-0.3, -0.25) is 4.98 Å². The summed E-state index contributed by atoms with van der Waals surface area (Å²) in [7, 11) is 3.15. The summed E-state index contributed by atoms with van der Waals surface area (Å²) in [4.78, 5) is 12.3. The monoisotopic (exact) mass is 466 g/mol. The molecular weight excluding hydrogens is 441 g/mol. The van der Waals surface area contributed by atoms with Gasteiger partial charge in [-0.25, -0.2) is 9.97 Å². The molecule has 0 spiro atoms. The number of benzene rings is 1. The second-order valence-electron chi connectivity index (χ2n) is 7.02. The highest BCUT2D eigenvalue weighted by Gasteiger charge is 2.32. The third kappa shape index (κ3) is 6.65. The zero-order valence-corrected chi connectivity index (χ0v) is 18.5. The lowest BCUT2D eigenvalue weighted by atomic mass is 10.2. The lowest BCUT2D eigenvalue weighted by molar-refractivity contribution is -0.141. The van der Waals surface area contributed by atoms with Crippen molar-refractivity contribution in [2.75, 3.05) is 46.0 Å². The van der Waals surface area contributed by atoms with E-state index in [9.17, 15) is 13.2 Å². The largest absolute Gasteiger partial charge is 0.487 e. The minimum Gasteiger partial charge on any atom is -0.487 e. The fourth-order valence-electron chi connectivity index (χ4n) is 3.01. The van der Waals surface area contributed by atoms with Crippen LogP contribution in [0.3, 0.4) is 0 Å². The van der Waals surface area contributed by atoms with Crippen LogP contribution in [-0.2, 0) is 22.2 Å². The molecule has 2 heterocycles. The van der Waals surface area contributed by atoms with E-state index in [1.165, 1.54) is 6.07 Å². The fourth-order valence-corrected chi connectivity index (χ4v) is 3.01. The van der Waals surface area contributed by atoms with Gasteiger partial charge in [-0.1, -0.05) is 0 Å². The molecule has 0 fully saturated rings. The van der Waals surface area contributed by atoms with Gasteiger partial charge in [-0.05, 0) is 30.7 Å². The summed E-state index contributed by atoms with van der Waals surface area (Å²) in [6, 6.07) is 5.99. The molecule has 0 amide bonds. The number of anilines is 1. The summed E-state index contributed by atoms with van der Waals surface area (Å²) in [6.45, 7) is 3.25. The number of aryl methyl sites for hydroxylation is 1. The van der Waals surface area contributed by atoms with Crippen molar-refractivity contribution in [3.05, 3.63) is 47.5 Å². The van der Waals surface area contributed by atoms with Gasteiger partial charge in [0.1, 0.15) is 30.5 Å². The van der Waals surface area contributed by atoms with Crippen LogP contribution in [0.4, 0.5) is 19.0 Å². The van der Waals surface area contributed by atoms with Crippen molar-refractivity contribution in [3.63, 3.8) is 0 Å². The molecule has 0 bridgehead atoms. The minimum absolute atomic E-state index is 0.114. The molecule has 178 valence electrons. The van der Waals surface area contributed by atoms with Crippen molar-refractivity contribution in [3.8, 4) is 11.5 Å². The van der Waals surface area contributed by atoms with E-state index in [-0.39, 0.29) is 6.54 Å². The summed E-state index contributed by atoms with van der Waals surface area (Å²) >= 11 is 0. The van der Waals surface area contributed by atoms with Crippen LogP contribution in [-0.4, -0.2) is 55.6 Å². The average molecular weight is 466 g/mol. The zero-order valence-electron chi connectivity index (χ0n) is 18.5. The molecule has 0 saturated carbocycles. The van der Waals surface area contributed by atoms with Gasteiger partial charge in [0.2, 0.25) is 0 Å². The molecule has 33 heavy (non-hydrogen) atoms. The molecule has 1 N–H and O–H groups in total. The van der Waals surface area contributed by atoms with E-state index in [0.29, 0.717) is 66.0 Å². The van der Waals surface area contributed by atoms with E-state index in [1.807, 2.05) is 0 Å². The molecule has 8 nitrogen and oxygen atoms in total. The van der Waals surface area contributed by atoms with Crippen molar-refractivity contribution in [1.29, 1.82) is 0 Å². The number of fused-ring (bicyclic) bond motifs is 1. The van der Waals surface area contributed by atoms with E-state index in [4.69, 9.17) is 18.9 Å². The molecule has 0 radical (unpaired) electrons. The Morgan fingerprint density at radius 2 is 1.58 bits per heavy atom.